The third kappa shape index (κ3) is 1.45. The molecule has 0 fully saturated rings. The van der Waals surface area contributed by atoms with E-state index in [1.165, 1.54) is 12.7 Å². The fourth-order valence-electron chi connectivity index (χ4n) is 0.176. The second kappa shape index (κ2) is 3.21. The van der Waals surface area contributed by atoms with E-state index in [9.17, 15) is 0 Å². The molecule has 0 atom stereocenters. The summed E-state index contributed by atoms with van der Waals surface area (Å²) in [5.41, 5.74) is 0. The van der Waals surface area contributed by atoms with Gasteiger partial charge in [0.05, 0.1) is 6.20 Å². The summed E-state index contributed by atoms with van der Waals surface area (Å²) in [5.74, 6) is 0. The van der Waals surface area contributed by atoms with Crippen molar-refractivity contribution in [3.63, 3.8) is 0 Å². The number of hydrogen-bond donors (Lipinski definition) is 0. The molecule has 32 valence electrons. The summed E-state index contributed by atoms with van der Waals surface area (Å²) in [7, 11) is 0. The van der Waals surface area contributed by atoms with Crippen molar-refractivity contribution in [3.05, 3.63) is 18.9 Å². The first kappa shape index (κ1) is 6.01. The Morgan fingerprint density at radius 3 is 2.50 bits per heavy atom. The molecule has 2 radical (unpaired) electrons. The van der Waals surface area contributed by atoms with Crippen LogP contribution in [0.2, 0.25) is 0 Å². The molecule has 0 aliphatic carbocycles. The maximum Gasteiger partial charge on any atom is 0.180 e. The summed E-state index contributed by atoms with van der Waals surface area (Å²) in [5, 5.41) is 0. The molecule has 1 aromatic rings. The molecule has 0 N–H and O–H groups in total. The van der Waals surface area contributed by atoms with Gasteiger partial charge in [0.15, 0.2) is 6.39 Å². The van der Waals surface area contributed by atoms with Gasteiger partial charge in [0.25, 0.3) is 0 Å². The standard InChI is InChI=1S/C3H3NO.Sn.2H/c1-2-5-3-4-1;;;/h1-3H;;;. The Kier molecular flexibility index (Phi) is 3.21. The molecule has 0 bridgehead atoms. The van der Waals surface area contributed by atoms with Crippen molar-refractivity contribution < 1.29 is 4.42 Å². The van der Waals surface area contributed by atoms with Crippen molar-refractivity contribution in [2.75, 3.05) is 0 Å². The topological polar surface area (TPSA) is 26.0 Å². The van der Waals surface area contributed by atoms with Crippen LogP contribution in [0.15, 0.2) is 23.3 Å². The second-order valence-electron chi connectivity index (χ2n) is 0.676. The molecule has 0 spiro atoms. The Hall–Kier alpha value is 0.00870. The first-order valence-corrected chi connectivity index (χ1v) is 1.32. The molecule has 6 heavy (non-hydrogen) atoms. The van der Waals surface area contributed by atoms with Gasteiger partial charge in [0, 0.05) is 0 Å². The fourth-order valence-corrected chi connectivity index (χ4v) is 0.176. The van der Waals surface area contributed by atoms with E-state index in [2.05, 4.69) is 9.40 Å². The first-order chi connectivity index (χ1) is 2.50. The minimum atomic E-state index is 0. The molecule has 1 heterocycles. The average molecular weight is 190 g/mol. The monoisotopic (exact) mass is 191 g/mol. The zero-order valence-electron chi connectivity index (χ0n) is 3.29. The van der Waals surface area contributed by atoms with Crippen molar-refractivity contribution in [3.8, 4) is 0 Å². The van der Waals surface area contributed by atoms with Crippen LogP contribution in [0, 0.1) is 0 Å². The molecule has 0 saturated heterocycles. The predicted octanol–water partition coefficient (Wildman–Crippen LogP) is -0.242. The van der Waals surface area contributed by atoms with Gasteiger partial charge in [-0.05, 0) is 0 Å². The van der Waals surface area contributed by atoms with Gasteiger partial charge in [-0.15, -0.1) is 0 Å². The van der Waals surface area contributed by atoms with E-state index in [4.69, 9.17) is 0 Å². The Bertz CT molecular complexity index is 67.3. The number of aromatic nitrogens is 1. The molecule has 1 rings (SSSR count). The molecular formula is C3H5NOSn. The van der Waals surface area contributed by atoms with Gasteiger partial charge in [0.2, 0.25) is 0 Å². The third-order valence-corrected chi connectivity index (χ3v) is 0.347. The molecule has 3 heteroatoms. The summed E-state index contributed by atoms with van der Waals surface area (Å²) in [6.07, 6.45) is 4.47. The van der Waals surface area contributed by atoms with E-state index in [1.807, 2.05) is 0 Å². The molecule has 0 amide bonds. The zero-order chi connectivity index (χ0) is 3.54. The summed E-state index contributed by atoms with van der Waals surface area (Å²) < 4.78 is 4.47. The van der Waals surface area contributed by atoms with Crippen LogP contribution < -0.4 is 0 Å². The minimum Gasteiger partial charge on any atom is -0.452 e. The normalized spacial score (nSPS) is 6.67. The first-order valence-electron chi connectivity index (χ1n) is 1.32. The second-order valence-corrected chi connectivity index (χ2v) is 0.676. The van der Waals surface area contributed by atoms with E-state index in [0.717, 1.165) is 0 Å². The number of oxazole rings is 1. The SMILES string of the molecule is [SnH2].c1cocn1. The molecule has 0 aromatic carbocycles. The minimum absolute atomic E-state index is 0. The number of rotatable bonds is 0. The van der Waals surface area contributed by atoms with Gasteiger partial charge < -0.3 is 4.42 Å². The van der Waals surface area contributed by atoms with Crippen molar-refractivity contribution in [1.82, 2.24) is 4.98 Å². The van der Waals surface area contributed by atoms with E-state index in [1.54, 1.807) is 6.20 Å². The average Bonchev–Trinajstić information content (AvgIpc) is 1.76. The molecule has 1 aromatic heterocycles. The predicted molar refractivity (Wildman–Crippen MR) is 25.0 cm³/mol. The van der Waals surface area contributed by atoms with E-state index >= 15 is 0 Å². The summed E-state index contributed by atoms with van der Waals surface area (Å²) >= 11 is 0. The Balaban J connectivity index is 0.000000250. The fraction of sp³-hybridized carbons (Fsp3) is 0. The van der Waals surface area contributed by atoms with Gasteiger partial charge in [-0.3, -0.25) is 0 Å². The Morgan fingerprint density at radius 1 is 1.50 bits per heavy atom. The van der Waals surface area contributed by atoms with Gasteiger partial charge in [-0.2, -0.15) is 0 Å². The molecule has 2 nitrogen and oxygen atoms in total. The molecule has 0 saturated carbocycles. The van der Waals surface area contributed by atoms with Crippen LogP contribution >= 0.6 is 0 Å². The quantitative estimate of drug-likeness (QED) is 0.527. The van der Waals surface area contributed by atoms with Gasteiger partial charge in [-0.25, -0.2) is 4.98 Å². The molecule has 0 unspecified atom stereocenters. The Labute approximate surface area is 52.5 Å². The van der Waals surface area contributed by atoms with Crippen LogP contribution in [0.1, 0.15) is 0 Å². The van der Waals surface area contributed by atoms with Crippen LogP contribution in [-0.4, -0.2) is 28.9 Å². The van der Waals surface area contributed by atoms with Gasteiger partial charge in [-0.1, -0.05) is 0 Å². The maximum absolute atomic E-state index is 4.47. The van der Waals surface area contributed by atoms with Crippen molar-refractivity contribution in [2.24, 2.45) is 0 Å². The van der Waals surface area contributed by atoms with E-state index < -0.39 is 0 Å². The summed E-state index contributed by atoms with van der Waals surface area (Å²) in [6.45, 7) is 0. The van der Waals surface area contributed by atoms with Crippen molar-refractivity contribution in [1.29, 1.82) is 0 Å². The van der Waals surface area contributed by atoms with Crippen molar-refractivity contribution >= 4 is 23.9 Å². The number of hydrogen-bond acceptors (Lipinski definition) is 2. The van der Waals surface area contributed by atoms with E-state index in [-0.39, 0.29) is 23.9 Å². The largest absolute Gasteiger partial charge is 0.452 e. The van der Waals surface area contributed by atoms with E-state index in [0.29, 0.717) is 0 Å². The smallest absolute Gasteiger partial charge is 0.180 e. The van der Waals surface area contributed by atoms with Crippen LogP contribution in [0.5, 0.6) is 0 Å². The molecular weight excluding hydrogens is 185 g/mol. The van der Waals surface area contributed by atoms with Gasteiger partial charge >= 0.3 is 23.9 Å². The Morgan fingerprint density at radius 2 is 2.33 bits per heavy atom. The van der Waals surface area contributed by atoms with Crippen LogP contribution in [0.3, 0.4) is 0 Å². The summed E-state index contributed by atoms with van der Waals surface area (Å²) in [6, 6.07) is 0. The molecule has 0 aliphatic rings. The van der Waals surface area contributed by atoms with Gasteiger partial charge in [0.1, 0.15) is 6.26 Å². The molecule has 0 aliphatic heterocycles. The summed E-state index contributed by atoms with van der Waals surface area (Å²) in [4.78, 5) is 3.56. The van der Waals surface area contributed by atoms with Crippen molar-refractivity contribution in [2.45, 2.75) is 0 Å². The zero-order valence-corrected chi connectivity index (χ0v) is 7.33. The van der Waals surface area contributed by atoms with Crippen LogP contribution in [0.25, 0.3) is 0 Å². The maximum atomic E-state index is 4.47. The van der Waals surface area contributed by atoms with Crippen LogP contribution in [0.4, 0.5) is 0 Å². The van der Waals surface area contributed by atoms with Crippen LogP contribution in [-0.2, 0) is 0 Å². The third-order valence-electron chi connectivity index (χ3n) is 0.347. The number of nitrogens with zero attached hydrogens (tertiary/aromatic N) is 1.